The third kappa shape index (κ3) is 3.93. The molecule has 0 atom stereocenters. The van der Waals surface area contributed by atoms with Crippen molar-refractivity contribution in [1.29, 1.82) is 0 Å². The highest BCUT2D eigenvalue weighted by Gasteiger charge is 2.07. The molecule has 0 fully saturated rings. The molecule has 0 radical (unpaired) electrons. The molecule has 0 bridgehead atoms. The SMILES string of the molecule is NCCc1cc(F)cc(Oc2cc(Br)ccc2Cl)c1. The molecule has 0 spiro atoms. The van der Waals surface area contributed by atoms with E-state index in [1.807, 2.05) is 0 Å². The van der Waals surface area contributed by atoms with Crippen molar-refractivity contribution in [2.24, 2.45) is 5.73 Å². The molecule has 5 heteroatoms. The van der Waals surface area contributed by atoms with Gasteiger partial charge in [0, 0.05) is 10.5 Å². The van der Waals surface area contributed by atoms with Gasteiger partial charge in [-0.3, -0.25) is 0 Å². The molecule has 100 valence electrons. The Morgan fingerprint density at radius 3 is 2.74 bits per heavy atom. The standard InChI is InChI=1S/C14H12BrClFNO/c15-10-1-2-13(16)14(7-10)19-12-6-9(3-4-18)5-11(17)8-12/h1-2,5-8H,3-4,18H2. The van der Waals surface area contributed by atoms with Crippen molar-refractivity contribution in [2.45, 2.75) is 6.42 Å². The summed E-state index contributed by atoms with van der Waals surface area (Å²) >= 11 is 9.36. The second kappa shape index (κ2) is 6.37. The van der Waals surface area contributed by atoms with Crippen molar-refractivity contribution in [3.05, 3.63) is 57.3 Å². The van der Waals surface area contributed by atoms with Crippen LogP contribution in [0.15, 0.2) is 40.9 Å². The van der Waals surface area contributed by atoms with E-state index in [9.17, 15) is 4.39 Å². The smallest absolute Gasteiger partial charge is 0.147 e. The average Bonchev–Trinajstić information content (AvgIpc) is 2.33. The number of hydrogen-bond acceptors (Lipinski definition) is 2. The lowest BCUT2D eigenvalue weighted by Gasteiger charge is -2.10. The summed E-state index contributed by atoms with van der Waals surface area (Å²) < 4.78 is 19.9. The lowest BCUT2D eigenvalue weighted by atomic mass is 10.1. The fourth-order valence-electron chi connectivity index (χ4n) is 1.67. The van der Waals surface area contributed by atoms with E-state index in [0.717, 1.165) is 10.0 Å². The number of rotatable bonds is 4. The van der Waals surface area contributed by atoms with Crippen LogP contribution in [0.3, 0.4) is 0 Å². The maximum absolute atomic E-state index is 13.5. The molecule has 2 nitrogen and oxygen atoms in total. The van der Waals surface area contributed by atoms with Gasteiger partial charge in [0.15, 0.2) is 0 Å². The molecule has 2 rings (SSSR count). The van der Waals surface area contributed by atoms with Crippen LogP contribution < -0.4 is 10.5 Å². The predicted molar refractivity (Wildman–Crippen MR) is 78.4 cm³/mol. The van der Waals surface area contributed by atoms with Crippen LogP contribution >= 0.6 is 27.5 Å². The van der Waals surface area contributed by atoms with Gasteiger partial charge in [0.1, 0.15) is 17.3 Å². The third-order valence-corrected chi connectivity index (χ3v) is 3.29. The highest BCUT2D eigenvalue weighted by atomic mass is 79.9. The van der Waals surface area contributed by atoms with Crippen LogP contribution in [0.2, 0.25) is 5.02 Å². The molecule has 0 heterocycles. The van der Waals surface area contributed by atoms with Gasteiger partial charge in [0.05, 0.1) is 5.02 Å². The van der Waals surface area contributed by atoms with Gasteiger partial charge in [-0.15, -0.1) is 0 Å². The fourth-order valence-corrected chi connectivity index (χ4v) is 2.17. The first-order valence-corrected chi connectivity index (χ1v) is 6.88. The fraction of sp³-hybridized carbons (Fsp3) is 0.143. The molecule has 0 aliphatic heterocycles. The molecule has 0 saturated carbocycles. The number of nitrogens with two attached hydrogens (primary N) is 1. The van der Waals surface area contributed by atoms with E-state index >= 15 is 0 Å². The summed E-state index contributed by atoms with van der Waals surface area (Å²) in [5.41, 5.74) is 6.26. The first-order valence-electron chi connectivity index (χ1n) is 5.71. The van der Waals surface area contributed by atoms with Crippen molar-refractivity contribution in [3.8, 4) is 11.5 Å². The molecule has 0 aliphatic carbocycles. The van der Waals surface area contributed by atoms with Gasteiger partial charge in [-0.05, 0) is 48.9 Å². The Morgan fingerprint density at radius 2 is 2.00 bits per heavy atom. The third-order valence-electron chi connectivity index (χ3n) is 2.49. The summed E-state index contributed by atoms with van der Waals surface area (Å²) in [6, 6.07) is 9.77. The van der Waals surface area contributed by atoms with E-state index < -0.39 is 0 Å². The minimum Gasteiger partial charge on any atom is -0.456 e. The molecule has 19 heavy (non-hydrogen) atoms. The number of benzene rings is 2. The second-order valence-electron chi connectivity index (χ2n) is 4.01. The molecule has 0 aliphatic rings. The van der Waals surface area contributed by atoms with E-state index in [2.05, 4.69) is 15.9 Å². The molecule has 2 aromatic rings. The van der Waals surface area contributed by atoms with Crippen molar-refractivity contribution in [1.82, 2.24) is 0 Å². The van der Waals surface area contributed by atoms with Crippen LogP contribution in [-0.2, 0) is 6.42 Å². The number of ether oxygens (including phenoxy) is 1. The molecular formula is C14H12BrClFNO. The van der Waals surface area contributed by atoms with E-state index in [4.69, 9.17) is 22.1 Å². The lowest BCUT2D eigenvalue weighted by molar-refractivity contribution is 0.475. The zero-order valence-corrected chi connectivity index (χ0v) is 12.3. The Morgan fingerprint density at radius 1 is 1.21 bits per heavy atom. The highest BCUT2D eigenvalue weighted by Crippen LogP contribution is 2.32. The van der Waals surface area contributed by atoms with Crippen LogP contribution in [0.1, 0.15) is 5.56 Å². The Balaban J connectivity index is 2.29. The summed E-state index contributed by atoms with van der Waals surface area (Å²) in [5.74, 6) is 0.524. The largest absolute Gasteiger partial charge is 0.456 e. The second-order valence-corrected chi connectivity index (χ2v) is 5.33. The zero-order chi connectivity index (χ0) is 13.8. The molecule has 0 aromatic heterocycles. The normalized spacial score (nSPS) is 10.5. The van der Waals surface area contributed by atoms with Crippen molar-refractivity contribution in [2.75, 3.05) is 6.54 Å². The van der Waals surface area contributed by atoms with Crippen molar-refractivity contribution in [3.63, 3.8) is 0 Å². The maximum atomic E-state index is 13.5. The topological polar surface area (TPSA) is 35.2 Å². The molecular weight excluding hydrogens is 333 g/mol. The summed E-state index contributed by atoms with van der Waals surface area (Å²) in [6.07, 6.45) is 0.598. The van der Waals surface area contributed by atoms with Crippen LogP contribution in [0.25, 0.3) is 0 Å². The van der Waals surface area contributed by atoms with Crippen molar-refractivity contribution >= 4 is 27.5 Å². The molecule has 2 aromatic carbocycles. The van der Waals surface area contributed by atoms with Crippen LogP contribution in [0, 0.1) is 5.82 Å². The molecule has 0 saturated heterocycles. The Labute approximate surface area is 124 Å². The summed E-state index contributed by atoms with van der Waals surface area (Å²) in [5, 5.41) is 0.466. The molecule has 0 unspecified atom stereocenters. The quantitative estimate of drug-likeness (QED) is 0.884. The minimum atomic E-state index is -0.355. The Bertz CT molecular complexity index is 592. The monoisotopic (exact) mass is 343 g/mol. The maximum Gasteiger partial charge on any atom is 0.147 e. The van der Waals surface area contributed by atoms with Gasteiger partial charge in [0.25, 0.3) is 0 Å². The van der Waals surface area contributed by atoms with Gasteiger partial charge < -0.3 is 10.5 Å². The summed E-state index contributed by atoms with van der Waals surface area (Å²) in [6.45, 7) is 0.459. The molecule has 2 N–H and O–H groups in total. The van der Waals surface area contributed by atoms with Gasteiger partial charge in [-0.1, -0.05) is 27.5 Å². The van der Waals surface area contributed by atoms with Crippen molar-refractivity contribution < 1.29 is 9.13 Å². The van der Waals surface area contributed by atoms with Crippen LogP contribution in [0.5, 0.6) is 11.5 Å². The van der Waals surface area contributed by atoms with Gasteiger partial charge in [0.2, 0.25) is 0 Å². The lowest BCUT2D eigenvalue weighted by Crippen LogP contribution is -2.03. The van der Waals surface area contributed by atoms with Gasteiger partial charge in [-0.25, -0.2) is 4.39 Å². The van der Waals surface area contributed by atoms with E-state index in [1.165, 1.54) is 12.1 Å². The van der Waals surface area contributed by atoms with Crippen LogP contribution in [0.4, 0.5) is 4.39 Å². The first kappa shape index (κ1) is 14.3. The highest BCUT2D eigenvalue weighted by molar-refractivity contribution is 9.10. The summed E-state index contributed by atoms with van der Waals surface area (Å²) in [4.78, 5) is 0. The molecule has 0 amide bonds. The Kier molecular flexibility index (Phi) is 4.80. The Hall–Kier alpha value is -1.10. The first-order chi connectivity index (χ1) is 9.08. The number of hydrogen-bond donors (Lipinski definition) is 1. The van der Waals surface area contributed by atoms with E-state index in [-0.39, 0.29) is 5.82 Å². The zero-order valence-electron chi connectivity index (χ0n) is 10.00. The summed E-state index contributed by atoms with van der Waals surface area (Å²) in [7, 11) is 0. The van der Waals surface area contributed by atoms with Crippen LogP contribution in [-0.4, -0.2) is 6.54 Å². The van der Waals surface area contributed by atoms with Gasteiger partial charge >= 0.3 is 0 Å². The predicted octanol–water partition coefficient (Wildman–Crippen LogP) is 4.54. The van der Waals surface area contributed by atoms with E-state index in [0.29, 0.717) is 29.5 Å². The van der Waals surface area contributed by atoms with Gasteiger partial charge in [-0.2, -0.15) is 0 Å². The average molecular weight is 345 g/mol. The number of halogens is 3. The minimum absolute atomic E-state index is 0.355. The van der Waals surface area contributed by atoms with E-state index in [1.54, 1.807) is 24.3 Å².